The van der Waals surface area contributed by atoms with Gasteiger partial charge in [0.2, 0.25) is 5.91 Å². The SMILES string of the molecule is COc1ccccc1OCC(O)CN1CCN(CC(N)=O)[C@H](c2c(C)cccc2C)C1. The fraction of sp³-hybridized carbons (Fsp3) is 0.458. The molecule has 2 aromatic carbocycles. The number of aliphatic hydroxyl groups is 1. The molecule has 1 heterocycles. The van der Waals surface area contributed by atoms with Crippen LogP contribution in [0.15, 0.2) is 42.5 Å². The van der Waals surface area contributed by atoms with E-state index in [0.717, 1.165) is 6.54 Å². The molecule has 31 heavy (non-hydrogen) atoms. The van der Waals surface area contributed by atoms with Gasteiger partial charge in [0.1, 0.15) is 12.7 Å². The van der Waals surface area contributed by atoms with Crippen LogP contribution < -0.4 is 15.2 Å². The Hall–Kier alpha value is -2.61. The highest BCUT2D eigenvalue weighted by Crippen LogP contribution is 2.30. The minimum absolute atomic E-state index is 0.0461. The first-order valence-electron chi connectivity index (χ1n) is 10.6. The van der Waals surface area contributed by atoms with Crippen LogP contribution >= 0.6 is 0 Å². The summed E-state index contributed by atoms with van der Waals surface area (Å²) in [6, 6.07) is 13.7. The summed E-state index contributed by atoms with van der Waals surface area (Å²) < 4.78 is 11.1. The number of nitrogens with two attached hydrogens (primary N) is 1. The number of ether oxygens (including phenoxy) is 2. The van der Waals surface area contributed by atoms with E-state index in [9.17, 15) is 9.90 Å². The molecular formula is C24H33N3O4. The molecule has 1 aliphatic rings. The second-order valence-corrected chi connectivity index (χ2v) is 8.13. The van der Waals surface area contributed by atoms with Gasteiger partial charge in [0.05, 0.1) is 13.7 Å². The summed E-state index contributed by atoms with van der Waals surface area (Å²) in [5.41, 5.74) is 9.13. The number of aryl methyl sites for hydroxylation is 2. The molecule has 2 atom stereocenters. The predicted octanol–water partition coefficient (Wildman–Crippen LogP) is 1.90. The van der Waals surface area contributed by atoms with E-state index >= 15 is 0 Å². The van der Waals surface area contributed by atoms with Crippen LogP contribution in [0.4, 0.5) is 0 Å². The van der Waals surface area contributed by atoms with Crippen LogP contribution in [0.1, 0.15) is 22.7 Å². The predicted molar refractivity (Wildman–Crippen MR) is 120 cm³/mol. The number of para-hydroxylation sites is 2. The second kappa shape index (κ2) is 10.6. The monoisotopic (exact) mass is 427 g/mol. The third kappa shape index (κ3) is 5.97. The number of hydrogen-bond acceptors (Lipinski definition) is 6. The van der Waals surface area contributed by atoms with Crippen molar-refractivity contribution >= 4 is 5.91 Å². The van der Waals surface area contributed by atoms with Crippen LogP contribution in [0.25, 0.3) is 0 Å². The summed E-state index contributed by atoms with van der Waals surface area (Å²) in [5.74, 6) is 0.934. The summed E-state index contributed by atoms with van der Waals surface area (Å²) in [5, 5.41) is 10.6. The molecule has 168 valence electrons. The molecule has 0 bridgehead atoms. The number of benzene rings is 2. The Kier molecular flexibility index (Phi) is 7.90. The first-order valence-corrected chi connectivity index (χ1v) is 10.6. The van der Waals surface area contributed by atoms with Crippen molar-refractivity contribution in [2.75, 3.05) is 46.4 Å². The molecule has 1 aliphatic heterocycles. The number of primary amides is 1. The van der Waals surface area contributed by atoms with E-state index in [1.807, 2.05) is 30.3 Å². The van der Waals surface area contributed by atoms with Gasteiger partial charge in [-0.25, -0.2) is 0 Å². The van der Waals surface area contributed by atoms with Crippen molar-refractivity contribution in [1.82, 2.24) is 9.80 Å². The van der Waals surface area contributed by atoms with E-state index in [1.165, 1.54) is 16.7 Å². The van der Waals surface area contributed by atoms with Gasteiger partial charge in [0.15, 0.2) is 11.5 Å². The fourth-order valence-electron chi connectivity index (χ4n) is 4.33. The van der Waals surface area contributed by atoms with Gasteiger partial charge < -0.3 is 20.3 Å². The highest BCUT2D eigenvalue weighted by molar-refractivity contribution is 5.76. The smallest absolute Gasteiger partial charge is 0.231 e. The minimum Gasteiger partial charge on any atom is -0.493 e. The van der Waals surface area contributed by atoms with E-state index in [0.29, 0.717) is 31.1 Å². The van der Waals surface area contributed by atoms with Gasteiger partial charge in [-0.05, 0) is 42.7 Å². The van der Waals surface area contributed by atoms with Crippen molar-refractivity contribution in [3.63, 3.8) is 0 Å². The van der Waals surface area contributed by atoms with Crippen molar-refractivity contribution in [2.24, 2.45) is 5.73 Å². The average molecular weight is 428 g/mol. The number of carbonyl (C=O) groups excluding carboxylic acids is 1. The van der Waals surface area contributed by atoms with Gasteiger partial charge >= 0.3 is 0 Å². The molecule has 1 saturated heterocycles. The number of hydrogen-bond donors (Lipinski definition) is 2. The normalized spacial score (nSPS) is 18.5. The number of β-amino-alcohol motifs (C(OH)–C–C–N with tert-alkyl or cyclic N) is 1. The molecule has 0 radical (unpaired) electrons. The average Bonchev–Trinajstić information content (AvgIpc) is 2.73. The summed E-state index contributed by atoms with van der Waals surface area (Å²) >= 11 is 0. The Morgan fingerprint density at radius 3 is 2.45 bits per heavy atom. The highest BCUT2D eigenvalue weighted by atomic mass is 16.5. The van der Waals surface area contributed by atoms with Crippen LogP contribution in [0, 0.1) is 13.8 Å². The Morgan fingerprint density at radius 2 is 1.81 bits per heavy atom. The lowest BCUT2D eigenvalue weighted by atomic mass is 9.93. The summed E-state index contributed by atoms with van der Waals surface area (Å²) in [4.78, 5) is 16.0. The molecule has 0 aliphatic carbocycles. The number of aliphatic hydroxyl groups excluding tert-OH is 1. The largest absolute Gasteiger partial charge is 0.493 e. The Morgan fingerprint density at radius 1 is 1.13 bits per heavy atom. The molecule has 7 heteroatoms. The lowest BCUT2D eigenvalue weighted by molar-refractivity contribution is -0.120. The lowest BCUT2D eigenvalue weighted by Gasteiger charge is -2.42. The number of carbonyl (C=O) groups is 1. The standard InChI is InChI=1S/C24H33N3O4/c1-17-7-6-8-18(2)24(17)20-14-26(11-12-27(20)15-23(25)29)13-19(28)16-31-22-10-5-4-9-21(22)30-3/h4-10,19-20,28H,11-16H2,1-3H3,(H2,25,29)/t19?,20-/m0/s1. The zero-order chi connectivity index (χ0) is 22.4. The van der Waals surface area contributed by atoms with Crippen molar-refractivity contribution in [3.8, 4) is 11.5 Å². The Labute approximate surface area is 184 Å². The van der Waals surface area contributed by atoms with Gasteiger partial charge in [-0.2, -0.15) is 0 Å². The maximum absolute atomic E-state index is 11.6. The molecule has 0 saturated carbocycles. The van der Waals surface area contributed by atoms with Crippen molar-refractivity contribution in [3.05, 3.63) is 59.2 Å². The summed E-state index contributed by atoms with van der Waals surface area (Å²) in [6.07, 6.45) is -0.647. The maximum atomic E-state index is 11.6. The van der Waals surface area contributed by atoms with E-state index in [-0.39, 0.29) is 25.1 Å². The molecule has 1 unspecified atom stereocenters. The van der Waals surface area contributed by atoms with Crippen LogP contribution in [0.2, 0.25) is 0 Å². The number of amides is 1. The second-order valence-electron chi connectivity index (χ2n) is 8.13. The van der Waals surface area contributed by atoms with E-state index in [1.54, 1.807) is 7.11 Å². The van der Waals surface area contributed by atoms with E-state index in [2.05, 4.69) is 35.8 Å². The maximum Gasteiger partial charge on any atom is 0.231 e. The van der Waals surface area contributed by atoms with E-state index in [4.69, 9.17) is 15.2 Å². The van der Waals surface area contributed by atoms with Crippen molar-refractivity contribution < 1.29 is 19.4 Å². The Bertz CT molecular complexity index is 869. The molecule has 0 spiro atoms. The van der Waals surface area contributed by atoms with Gasteiger partial charge in [-0.3, -0.25) is 14.6 Å². The summed E-state index contributed by atoms with van der Waals surface area (Å²) in [7, 11) is 1.60. The lowest BCUT2D eigenvalue weighted by Crippen LogP contribution is -2.52. The van der Waals surface area contributed by atoms with Crippen LogP contribution in [0.3, 0.4) is 0 Å². The number of rotatable bonds is 9. The zero-order valence-electron chi connectivity index (χ0n) is 18.6. The summed E-state index contributed by atoms with van der Waals surface area (Å²) in [6.45, 7) is 7.26. The third-order valence-electron chi connectivity index (χ3n) is 5.78. The number of piperazine rings is 1. The zero-order valence-corrected chi connectivity index (χ0v) is 18.6. The molecule has 7 nitrogen and oxygen atoms in total. The molecule has 2 aromatic rings. The molecule has 1 fully saturated rings. The highest BCUT2D eigenvalue weighted by Gasteiger charge is 2.31. The third-order valence-corrected chi connectivity index (χ3v) is 5.78. The first-order chi connectivity index (χ1) is 14.9. The Balaban J connectivity index is 1.66. The quantitative estimate of drug-likeness (QED) is 0.636. The van der Waals surface area contributed by atoms with Crippen LogP contribution in [-0.2, 0) is 4.79 Å². The number of methoxy groups -OCH3 is 1. The molecule has 3 N–H and O–H groups in total. The van der Waals surface area contributed by atoms with Gasteiger partial charge in [0.25, 0.3) is 0 Å². The van der Waals surface area contributed by atoms with Gasteiger partial charge in [-0.15, -0.1) is 0 Å². The van der Waals surface area contributed by atoms with Gasteiger partial charge in [0, 0.05) is 32.2 Å². The minimum atomic E-state index is -0.647. The van der Waals surface area contributed by atoms with Crippen LogP contribution in [0.5, 0.6) is 11.5 Å². The molecule has 3 rings (SSSR count). The van der Waals surface area contributed by atoms with E-state index < -0.39 is 6.10 Å². The molecule has 0 aromatic heterocycles. The van der Waals surface area contributed by atoms with Crippen LogP contribution in [-0.4, -0.2) is 73.4 Å². The van der Waals surface area contributed by atoms with Crippen molar-refractivity contribution in [1.29, 1.82) is 0 Å². The van der Waals surface area contributed by atoms with Crippen molar-refractivity contribution in [2.45, 2.75) is 26.0 Å². The molecular weight excluding hydrogens is 394 g/mol. The molecule has 1 amide bonds. The first kappa shape index (κ1) is 23.1. The van der Waals surface area contributed by atoms with Gasteiger partial charge in [-0.1, -0.05) is 30.3 Å². The topological polar surface area (TPSA) is 88.3 Å². The fourth-order valence-corrected chi connectivity index (χ4v) is 4.33. The number of nitrogens with zero attached hydrogens (tertiary/aromatic N) is 2.